The van der Waals surface area contributed by atoms with Gasteiger partial charge in [0.25, 0.3) is 0 Å². The molecule has 0 bridgehead atoms. The SMILES string of the molecule is C=C/C(=C\C=C/C)c1ccc(-c2ccc(N(c3ccc(-c4ccc5c(c4)-c4ccccc4C5(C)C)cc3)c3cccc4c5cccc6c7ccccc7n(c34)c65)cc2)cc1Nc1ccccc1. The maximum atomic E-state index is 4.16. The standard InChI is InChI=1S/C64H49N3/c1-5-7-17-42(6-2)50-38-32-46(41-59(50)65-47-18-9-8-10-19-47)44-30-36-49(37-31-44)66(61-27-16-24-55-54-23-15-22-53-52-21-12-14-26-60(52)67(62(53)54)63(55)61)48-34-28-43(29-35-48)45-33-39-58-56(40-45)51-20-11-13-25-57(51)64(58,3)4/h5-41,65H,2H2,1,3-4H3/b7-5-,42-17+. The number of anilines is 5. The van der Waals surface area contributed by atoms with E-state index in [1.165, 1.54) is 71.5 Å². The summed E-state index contributed by atoms with van der Waals surface area (Å²) in [5.74, 6) is 0. The van der Waals surface area contributed by atoms with E-state index in [4.69, 9.17) is 0 Å². The molecule has 3 heteroatoms. The third-order valence-electron chi connectivity index (χ3n) is 14.0. The molecule has 11 aromatic rings. The number of allylic oxidation sites excluding steroid dienone is 5. The van der Waals surface area contributed by atoms with Crippen molar-refractivity contribution in [1.29, 1.82) is 0 Å². The second kappa shape index (κ2) is 15.9. The van der Waals surface area contributed by atoms with Crippen LogP contribution in [0.25, 0.3) is 77.0 Å². The highest BCUT2D eigenvalue weighted by atomic mass is 15.2. The number of hydrogen-bond acceptors (Lipinski definition) is 2. The highest BCUT2D eigenvalue weighted by Gasteiger charge is 2.35. The molecule has 0 aliphatic heterocycles. The quantitative estimate of drug-likeness (QED) is 0.138. The van der Waals surface area contributed by atoms with E-state index < -0.39 is 0 Å². The molecule has 9 aromatic carbocycles. The van der Waals surface area contributed by atoms with Gasteiger partial charge in [-0.3, -0.25) is 0 Å². The van der Waals surface area contributed by atoms with Crippen LogP contribution in [0.15, 0.2) is 231 Å². The topological polar surface area (TPSA) is 19.7 Å². The van der Waals surface area contributed by atoms with E-state index in [9.17, 15) is 0 Å². The predicted molar refractivity (Wildman–Crippen MR) is 287 cm³/mol. The van der Waals surface area contributed by atoms with Gasteiger partial charge in [0.15, 0.2) is 0 Å². The van der Waals surface area contributed by atoms with Crippen molar-refractivity contribution < 1.29 is 0 Å². The molecule has 1 aliphatic carbocycles. The van der Waals surface area contributed by atoms with Gasteiger partial charge in [0.2, 0.25) is 0 Å². The third kappa shape index (κ3) is 6.49. The Balaban J connectivity index is 0.999. The van der Waals surface area contributed by atoms with Gasteiger partial charge in [0, 0.05) is 55.3 Å². The Bertz CT molecular complexity index is 3750. The van der Waals surface area contributed by atoms with Gasteiger partial charge in [-0.25, -0.2) is 0 Å². The minimum Gasteiger partial charge on any atom is -0.355 e. The van der Waals surface area contributed by atoms with Crippen molar-refractivity contribution in [2.24, 2.45) is 0 Å². The van der Waals surface area contributed by atoms with Crippen LogP contribution in [-0.4, -0.2) is 4.40 Å². The first-order valence-electron chi connectivity index (χ1n) is 23.2. The fourth-order valence-corrected chi connectivity index (χ4v) is 10.8. The van der Waals surface area contributed by atoms with Crippen LogP contribution in [-0.2, 0) is 5.41 Å². The van der Waals surface area contributed by atoms with Crippen molar-refractivity contribution in [3.63, 3.8) is 0 Å². The molecule has 0 saturated heterocycles. The molecule has 320 valence electrons. The Morgan fingerprint density at radius 2 is 1.12 bits per heavy atom. The van der Waals surface area contributed by atoms with Crippen LogP contribution in [0.3, 0.4) is 0 Å². The van der Waals surface area contributed by atoms with Gasteiger partial charge in [-0.15, -0.1) is 0 Å². The van der Waals surface area contributed by atoms with Gasteiger partial charge < -0.3 is 14.6 Å². The van der Waals surface area contributed by atoms with E-state index in [1.807, 2.05) is 25.1 Å². The van der Waals surface area contributed by atoms with Crippen LogP contribution in [0, 0.1) is 0 Å². The average Bonchev–Trinajstić information content (AvgIpc) is 3.98. The summed E-state index contributed by atoms with van der Waals surface area (Å²) in [4.78, 5) is 2.44. The van der Waals surface area contributed by atoms with Gasteiger partial charge >= 0.3 is 0 Å². The number of nitrogens with one attached hydrogen (secondary N) is 1. The Morgan fingerprint density at radius 3 is 1.85 bits per heavy atom. The lowest BCUT2D eigenvalue weighted by molar-refractivity contribution is 0.660. The monoisotopic (exact) mass is 859 g/mol. The van der Waals surface area contributed by atoms with Gasteiger partial charge in [-0.2, -0.15) is 0 Å². The van der Waals surface area contributed by atoms with Crippen molar-refractivity contribution in [3.05, 3.63) is 248 Å². The molecule has 0 radical (unpaired) electrons. The maximum absolute atomic E-state index is 4.16. The van der Waals surface area contributed by atoms with Gasteiger partial charge in [-0.05, 0) is 118 Å². The Labute approximate surface area is 392 Å². The smallest absolute Gasteiger partial charge is 0.0782 e. The van der Waals surface area contributed by atoms with Crippen LogP contribution < -0.4 is 10.2 Å². The van der Waals surface area contributed by atoms with Crippen LogP contribution in [0.5, 0.6) is 0 Å². The molecular weight excluding hydrogens is 811 g/mol. The first-order valence-corrected chi connectivity index (χ1v) is 23.2. The summed E-state index contributed by atoms with van der Waals surface area (Å²) in [7, 11) is 0. The summed E-state index contributed by atoms with van der Waals surface area (Å²) in [6.07, 6.45) is 8.14. The number of fused-ring (bicyclic) bond motifs is 9. The Kier molecular flexibility index (Phi) is 9.55. The van der Waals surface area contributed by atoms with E-state index in [1.54, 1.807) is 0 Å². The Morgan fingerprint density at radius 1 is 0.537 bits per heavy atom. The number of hydrogen-bond donors (Lipinski definition) is 1. The zero-order valence-corrected chi connectivity index (χ0v) is 38.0. The molecule has 1 aliphatic rings. The summed E-state index contributed by atoms with van der Waals surface area (Å²) in [5, 5.41) is 8.76. The molecular formula is C64H49N3. The second-order valence-corrected chi connectivity index (χ2v) is 18.2. The average molecular weight is 860 g/mol. The van der Waals surface area contributed by atoms with Crippen molar-refractivity contribution in [2.75, 3.05) is 10.2 Å². The summed E-state index contributed by atoms with van der Waals surface area (Å²) < 4.78 is 2.50. The normalized spacial score (nSPS) is 13.2. The maximum Gasteiger partial charge on any atom is 0.0782 e. The number of benzene rings is 9. The second-order valence-electron chi connectivity index (χ2n) is 18.2. The van der Waals surface area contributed by atoms with Crippen molar-refractivity contribution in [3.8, 4) is 33.4 Å². The minimum absolute atomic E-state index is 0.0280. The molecule has 67 heavy (non-hydrogen) atoms. The lowest BCUT2D eigenvalue weighted by Crippen LogP contribution is -2.14. The summed E-state index contributed by atoms with van der Waals surface area (Å²) >= 11 is 0. The fourth-order valence-electron chi connectivity index (χ4n) is 10.8. The largest absolute Gasteiger partial charge is 0.355 e. The highest BCUT2D eigenvalue weighted by Crippen LogP contribution is 2.50. The molecule has 12 rings (SSSR count). The molecule has 0 saturated carbocycles. The van der Waals surface area contributed by atoms with E-state index in [-0.39, 0.29) is 5.41 Å². The summed E-state index contributed by atoms with van der Waals surface area (Å²) in [6, 6.07) is 73.5. The Hall–Kier alpha value is -8.40. The molecule has 0 amide bonds. The molecule has 3 nitrogen and oxygen atoms in total. The van der Waals surface area contributed by atoms with Crippen LogP contribution in [0.2, 0.25) is 0 Å². The predicted octanol–water partition coefficient (Wildman–Crippen LogP) is 17.8. The lowest BCUT2D eigenvalue weighted by atomic mass is 9.82. The lowest BCUT2D eigenvalue weighted by Gasteiger charge is -2.27. The summed E-state index contributed by atoms with van der Waals surface area (Å²) in [6.45, 7) is 10.9. The number of aromatic nitrogens is 1. The molecule has 2 aromatic heterocycles. The highest BCUT2D eigenvalue weighted by molar-refractivity contribution is 6.25. The van der Waals surface area contributed by atoms with E-state index in [2.05, 4.69) is 241 Å². The fraction of sp³-hybridized carbons (Fsp3) is 0.0625. The molecule has 0 atom stereocenters. The van der Waals surface area contributed by atoms with Gasteiger partial charge in [0.1, 0.15) is 0 Å². The first-order chi connectivity index (χ1) is 32.9. The van der Waals surface area contributed by atoms with Crippen LogP contribution in [0.1, 0.15) is 37.5 Å². The molecule has 1 N–H and O–H groups in total. The molecule has 0 fully saturated rings. The van der Waals surface area contributed by atoms with E-state index in [0.717, 1.165) is 50.7 Å². The minimum atomic E-state index is -0.0280. The first kappa shape index (κ1) is 40.1. The van der Waals surface area contributed by atoms with Crippen LogP contribution in [0.4, 0.5) is 28.4 Å². The van der Waals surface area contributed by atoms with E-state index in [0.29, 0.717) is 0 Å². The molecule has 0 unspecified atom stereocenters. The molecule has 2 heterocycles. The zero-order valence-electron chi connectivity index (χ0n) is 38.0. The number of nitrogens with zero attached hydrogens (tertiary/aromatic N) is 2. The number of para-hydroxylation sites is 4. The molecule has 0 spiro atoms. The van der Waals surface area contributed by atoms with Gasteiger partial charge in [0.05, 0.1) is 22.2 Å². The van der Waals surface area contributed by atoms with E-state index >= 15 is 0 Å². The zero-order chi connectivity index (χ0) is 45.2. The van der Waals surface area contributed by atoms with Crippen molar-refractivity contribution in [2.45, 2.75) is 26.2 Å². The number of rotatable bonds is 10. The summed E-state index contributed by atoms with van der Waals surface area (Å²) in [5.41, 5.74) is 21.2. The van der Waals surface area contributed by atoms with Gasteiger partial charge in [-0.1, -0.05) is 184 Å². The third-order valence-corrected chi connectivity index (χ3v) is 14.0. The van der Waals surface area contributed by atoms with Crippen molar-refractivity contribution in [1.82, 2.24) is 4.40 Å². The van der Waals surface area contributed by atoms with Crippen LogP contribution >= 0.6 is 0 Å². The van der Waals surface area contributed by atoms with Crippen molar-refractivity contribution >= 4 is 72.1 Å².